The zero-order valence-corrected chi connectivity index (χ0v) is 17.4. The smallest absolute Gasteiger partial charge is 0.234 e. The van der Waals surface area contributed by atoms with Crippen LogP contribution in [-0.4, -0.2) is 26.8 Å². The molecule has 3 aromatic rings. The molecule has 3 rings (SSSR count). The van der Waals surface area contributed by atoms with Crippen LogP contribution in [0.2, 0.25) is 5.02 Å². The maximum Gasteiger partial charge on any atom is 0.234 e. The highest BCUT2D eigenvalue weighted by Gasteiger charge is 2.10. The lowest BCUT2D eigenvalue weighted by atomic mass is 10.1. The summed E-state index contributed by atoms with van der Waals surface area (Å²) in [5.41, 5.74) is 3.96. The lowest BCUT2D eigenvalue weighted by Gasteiger charge is -2.08. The molecule has 0 spiro atoms. The number of amides is 1. The summed E-state index contributed by atoms with van der Waals surface area (Å²) in [4.78, 5) is 16.5. The van der Waals surface area contributed by atoms with Gasteiger partial charge in [0.2, 0.25) is 11.1 Å². The van der Waals surface area contributed by atoms with Gasteiger partial charge in [-0.2, -0.15) is 0 Å². The van der Waals surface area contributed by atoms with E-state index >= 15 is 0 Å². The maximum absolute atomic E-state index is 12.2. The Morgan fingerprint density at radius 2 is 2.00 bits per heavy atom. The summed E-state index contributed by atoms with van der Waals surface area (Å²) in [6, 6.07) is 11.4. The van der Waals surface area contributed by atoms with Gasteiger partial charge in [0.1, 0.15) is 12.4 Å². The molecule has 0 radical (unpaired) electrons. The third kappa shape index (κ3) is 5.50. The number of hydrogen-bond donors (Lipinski definition) is 2. The van der Waals surface area contributed by atoms with Gasteiger partial charge in [0.05, 0.1) is 5.75 Å². The molecule has 6 nitrogen and oxygen atoms in total. The van der Waals surface area contributed by atoms with E-state index < -0.39 is 0 Å². The number of ether oxygens (including phenoxy) is 1. The van der Waals surface area contributed by atoms with Crippen molar-refractivity contribution in [1.82, 2.24) is 15.2 Å². The number of aryl methyl sites for hydroxylation is 3. The minimum atomic E-state index is -0.101. The molecule has 1 amide bonds. The van der Waals surface area contributed by atoms with Crippen LogP contribution in [0.5, 0.6) is 5.75 Å². The van der Waals surface area contributed by atoms with Gasteiger partial charge in [-0.1, -0.05) is 41.1 Å². The van der Waals surface area contributed by atoms with Gasteiger partial charge in [0, 0.05) is 10.7 Å². The van der Waals surface area contributed by atoms with E-state index in [0.29, 0.717) is 21.8 Å². The molecule has 0 saturated heterocycles. The number of thioether (sulfide) groups is 1. The minimum Gasteiger partial charge on any atom is -0.486 e. The Labute approximate surface area is 173 Å². The number of nitrogens with zero attached hydrogens (tertiary/aromatic N) is 2. The third-order valence-corrected chi connectivity index (χ3v) is 5.28. The van der Waals surface area contributed by atoms with Crippen molar-refractivity contribution in [1.29, 1.82) is 0 Å². The van der Waals surface area contributed by atoms with Crippen molar-refractivity contribution in [2.75, 3.05) is 11.1 Å². The van der Waals surface area contributed by atoms with E-state index in [-0.39, 0.29) is 18.3 Å². The van der Waals surface area contributed by atoms with Gasteiger partial charge in [-0.3, -0.25) is 9.89 Å². The van der Waals surface area contributed by atoms with Gasteiger partial charge in [-0.15, -0.1) is 5.10 Å². The normalized spacial score (nSPS) is 10.7. The van der Waals surface area contributed by atoms with E-state index in [1.807, 2.05) is 45.0 Å². The molecule has 2 N–H and O–H groups in total. The van der Waals surface area contributed by atoms with Crippen LogP contribution in [0, 0.1) is 20.8 Å². The number of rotatable bonds is 7. The summed E-state index contributed by atoms with van der Waals surface area (Å²) in [6.07, 6.45) is 0. The fourth-order valence-corrected chi connectivity index (χ4v) is 3.27. The molecule has 146 valence electrons. The number of anilines is 1. The number of aromatic nitrogens is 3. The minimum absolute atomic E-state index is 0.101. The van der Waals surface area contributed by atoms with E-state index in [1.54, 1.807) is 12.1 Å². The molecule has 0 saturated carbocycles. The highest BCUT2D eigenvalue weighted by atomic mass is 35.5. The fraction of sp³-hybridized carbons (Fsp3) is 0.250. The summed E-state index contributed by atoms with van der Waals surface area (Å²) >= 11 is 7.27. The van der Waals surface area contributed by atoms with Crippen LogP contribution in [-0.2, 0) is 11.4 Å². The summed E-state index contributed by atoms with van der Waals surface area (Å²) in [7, 11) is 0. The van der Waals surface area contributed by atoms with Crippen LogP contribution < -0.4 is 10.1 Å². The molecule has 0 aliphatic rings. The molecule has 0 aliphatic carbocycles. The van der Waals surface area contributed by atoms with E-state index in [4.69, 9.17) is 16.3 Å². The first kappa shape index (κ1) is 20.2. The van der Waals surface area contributed by atoms with Crippen LogP contribution in [0.1, 0.15) is 22.5 Å². The Balaban J connectivity index is 1.48. The van der Waals surface area contributed by atoms with E-state index in [1.165, 1.54) is 11.8 Å². The van der Waals surface area contributed by atoms with Crippen LogP contribution in [0.4, 0.5) is 5.69 Å². The van der Waals surface area contributed by atoms with Crippen molar-refractivity contribution in [2.24, 2.45) is 0 Å². The SMILES string of the molecule is Cc1ccc(NC(=O)CSc2n[nH]c(COc3ccc(Cl)c(C)c3)n2)c(C)c1. The number of hydrogen-bond acceptors (Lipinski definition) is 5. The van der Waals surface area contributed by atoms with Crippen molar-refractivity contribution < 1.29 is 9.53 Å². The van der Waals surface area contributed by atoms with Gasteiger partial charge >= 0.3 is 0 Å². The molecule has 0 unspecified atom stereocenters. The molecular weight excluding hydrogens is 396 g/mol. The predicted octanol–water partition coefficient (Wildman–Crippen LogP) is 4.69. The second kappa shape index (κ2) is 9.12. The second-order valence-electron chi connectivity index (χ2n) is 6.42. The molecule has 0 fully saturated rings. The van der Waals surface area contributed by atoms with Gasteiger partial charge < -0.3 is 10.1 Å². The molecule has 1 heterocycles. The molecule has 1 aromatic heterocycles. The van der Waals surface area contributed by atoms with E-state index in [2.05, 4.69) is 20.5 Å². The molecule has 28 heavy (non-hydrogen) atoms. The highest BCUT2D eigenvalue weighted by molar-refractivity contribution is 7.99. The lowest BCUT2D eigenvalue weighted by molar-refractivity contribution is -0.113. The van der Waals surface area contributed by atoms with Crippen LogP contribution >= 0.6 is 23.4 Å². The monoisotopic (exact) mass is 416 g/mol. The summed E-state index contributed by atoms with van der Waals surface area (Å²) in [6.45, 7) is 6.16. The molecule has 0 bridgehead atoms. The van der Waals surface area contributed by atoms with Crippen molar-refractivity contribution in [3.8, 4) is 5.75 Å². The second-order valence-corrected chi connectivity index (χ2v) is 7.77. The summed E-state index contributed by atoms with van der Waals surface area (Å²) in [5, 5.41) is 11.1. The van der Waals surface area contributed by atoms with E-state index in [0.717, 1.165) is 22.4 Å². The Morgan fingerprint density at radius 1 is 1.18 bits per heavy atom. The molecular formula is C20H21ClN4O2S. The van der Waals surface area contributed by atoms with Crippen LogP contribution in [0.3, 0.4) is 0 Å². The average Bonchev–Trinajstić information content (AvgIpc) is 3.11. The molecule has 0 aliphatic heterocycles. The van der Waals surface area contributed by atoms with Crippen molar-refractivity contribution in [2.45, 2.75) is 32.5 Å². The first-order chi connectivity index (χ1) is 13.4. The molecule has 2 aromatic carbocycles. The van der Waals surface area contributed by atoms with Crippen molar-refractivity contribution in [3.63, 3.8) is 0 Å². The lowest BCUT2D eigenvalue weighted by Crippen LogP contribution is -2.15. The Hall–Kier alpha value is -2.51. The van der Waals surface area contributed by atoms with Crippen molar-refractivity contribution in [3.05, 3.63) is 63.9 Å². The first-order valence-electron chi connectivity index (χ1n) is 8.71. The summed E-state index contributed by atoms with van der Waals surface area (Å²) in [5.74, 6) is 1.42. The maximum atomic E-state index is 12.2. The van der Waals surface area contributed by atoms with Crippen LogP contribution in [0.15, 0.2) is 41.6 Å². The topological polar surface area (TPSA) is 79.9 Å². The zero-order chi connectivity index (χ0) is 20.1. The number of carbonyl (C=O) groups excluding carboxylic acids is 1. The Kier molecular flexibility index (Phi) is 6.59. The number of benzene rings is 2. The highest BCUT2D eigenvalue weighted by Crippen LogP contribution is 2.22. The standard InChI is InChI=1S/C20H21ClN4O2S/c1-12-4-7-17(14(3)8-12)22-19(26)11-28-20-23-18(24-25-20)10-27-15-5-6-16(21)13(2)9-15/h4-9H,10-11H2,1-3H3,(H,22,26)(H,23,24,25). The first-order valence-corrected chi connectivity index (χ1v) is 10.1. The number of H-pyrrole nitrogens is 1. The van der Waals surface area contributed by atoms with Crippen molar-refractivity contribution >= 4 is 35.0 Å². The van der Waals surface area contributed by atoms with E-state index in [9.17, 15) is 4.79 Å². The van der Waals surface area contributed by atoms with Gasteiger partial charge in [0.25, 0.3) is 0 Å². The van der Waals surface area contributed by atoms with Gasteiger partial charge in [0.15, 0.2) is 5.82 Å². The number of carbonyl (C=O) groups is 1. The zero-order valence-electron chi connectivity index (χ0n) is 15.9. The summed E-state index contributed by atoms with van der Waals surface area (Å²) < 4.78 is 5.69. The predicted molar refractivity (Wildman–Crippen MR) is 112 cm³/mol. The third-order valence-electron chi connectivity index (χ3n) is 4.00. The number of aromatic amines is 1. The fourth-order valence-electron chi connectivity index (χ4n) is 2.54. The molecule has 8 heteroatoms. The largest absolute Gasteiger partial charge is 0.486 e. The Bertz CT molecular complexity index is 990. The number of nitrogens with one attached hydrogen (secondary N) is 2. The number of halogens is 1. The van der Waals surface area contributed by atoms with Gasteiger partial charge in [-0.05, 0) is 56.2 Å². The van der Waals surface area contributed by atoms with Crippen LogP contribution in [0.25, 0.3) is 0 Å². The average molecular weight is 417 g/mol. The Morgan fingerprint density at radius 3 is 2.75 bits per heavy atom. The quantitative estimate of drug-likeness (QED) is 0.546. The van der Waals surface area contributed by atoms with Gasteiger partial charge in [-0.25, -0.2) is 4.98 Å². The molecule has 0 atom stereocenters.